The second kappa shape index (κ2) is 4.52. The molecule has 0 aliphatic heterocycles. The van der Waals surface area contributed by atoms with Gasteiger partial charge in [-0.05, 0) is 24.3 Å². The second-order valence-electron chi connectivity index (χ2n) is 2.98. The van der Waals surface area contributed by atoms with Gasteiger partial charge in [0.25, 0.3) is 0 Å². The van der Waals surface area contributed by atoms with E-state index in [9.17, 15) is 0 Å². The SMILES string of the molecule is NCc1ccc(Oc2cccnc2)cn1. The Bertz CT molecular complexity index is 414. The van der Waals surface area contributed by atoms with E-state index < -0.39 is 0 Å². The highest BCUT2D eigenvalue weighted by Crippen LogP contribution is 2.18. The van der Waals surface area contributed by atoms with E-state index in [1.165, 1.54) is 0 Å². The standard InChI is InChI=1S/C11H11N3O/c12-6-9-3-4-11(8-14-9)15-10-2-1-5-13-7-10/h1-5,7-8H,6,12H2. The summed E-state index contributed by atoms with van der Waals surface area (Å²) in [6, 6.07) is 7.33. The fraction of sp³-hybridized carbons (Fsp3) is 0.0909. The molecule has 2 aromatic heterocycles. The highest BCUT2D eigenvalue weighted by molar-refractivity contribution is 5.27. The number of ether oxygens (including phenoxy) is 1. The van der Waals surface area contributed by atoms with Crippen LogP contribution in [0.4, 0.5) is 0 Å². The minimum absolute atomic E-state index is 0.438. The summed E-state index contributed by atoms with van der Waals surface area (Å²) >= 11 is 0. The van der Waals surface area contributed by atoms with Crippen LogP contribution in [0, 0.1) is 0 Å². The minimum Gasteiger partial charge on any atom is -0.454 e. The topological polar surface area (TPSA) is 61.0 Å². The molecule has 15 heavy (non-hydrogen) atoms. The molecular formula is C11H11N3O. The van der Waals surface area contributed by atoms with Crippen LogP contribution in [-0.4, -0.2) is 9.97 Å². The lowest BCUT2D eigenvalue weighted by molar-refractivity contribution is 0.477. The normalized spacial score (nSPS) is 9.93. The molecule has 0 aliphatic rings. The van der Waals surface area contributed by atoms with Crippen LogP contribution in [0.1, 0.15) is 5.69 Å². The van der Waals surface area contributed by atoms with Crippen molar-refractivity contribution < 1.29 is 4.74 Å². The third-order valence-electron chi connectivity index (χ3n) is 1.88. The number of hydrogen-bond donors (Lipinski definition) is 1. The maximum absolute atomic E-state index is 5.51. The number of pyridine rings is 2. The summed E-state index contributed by atoms with van der Waals surface area (Å²) in [5.41, 5.74) is 6.28. The van der Waals surface area contributed by atoms with Crippen LogP contribution in [0.3, 0.4) is 0 Å². The van der Waals surface area contributed by atoms with Crippen molar-refractivity contribution >= 4 is 0 Å². The molecule has 0 aromatic carbocycles. The fourth-order valence-corrected chi connectivity index (χ4v) is 1.14. The monoisotopic (exact) mass is 201 g/mol. The Kier molecular flexibility index (Phi) is 2.90. The molecule has 76 valence electrons. The predicted octanol–water partition coefficient (Wildman–Crippen LogP) is 1.73. The van der Waals surface area contributed by atoms with Crippen molar-refractivity contribution in [2.45, 2.75) is 6.54 Å². The molecule has 0 bridgehead atoms. The van der Waals surface area contributed by atoms with Crippen molar-refractivity contribution in [1.29, 1.82) is 0 Å². The zero-order chi connectivity index (χ0) is 10.5. The van der Waals surface area contributed by atoms with Crippen LogP contribution in [0.2, 0.25) is 0 Å². The number of rotatable bonds is 3. The van der Waals surface area contributed by atoms with Crippen LogP contribution >= 0.6 is 0 Å². The first-order valence-electron chi connectivity index (χ1n) is 4.61. The van der Waals surface area contributed by atoms with Crippen molar-refractivity contribution in [3.05, 3.63) is 48.5 Å². The summed E-state index contributed by atoms with van der Waals surface area (Å²) in [5.74, 6) is 1.37. The quantitative estimate of drug-likeness (QED) is 0.821. The zero-order valence-electron chi connectivity index (χ0n) is 8.13. The highest BCUT2D eigenvalue weighted by atomic mass is 16.5. The zero-order valence-corrected chi connectivity index (χ0v) is 8.13. The van der Waals surface area contributed by atoms with Gasteiger partial charge in [0, 0.05) is 12.7 Å². The maximum atomic E-state index is 5.51. The molecule has 2 N–H and O–H groups in total. The smallest absolute Gasteiger partial charge is 0.145 e. The highest BCUT2D eigenvalue weighted by Gasteiger charge is 1.97. The van der Waals surface area contributed by atoms with Crippen LogP contribution in [0.25, 0.3) is 0 Å². The van der Waals surface area contributed by atoms with Gasteiger partial charge in [0.15, 0.2) is 0 Å². The molecule has 4 nitrogen and oxygen atoms in total. The minimum atomic E-state index is 0.438. The van der Waals surface area contributed by atoms with Gasteiger partial charge in [-0.2, -0.15) is 0 Å². The van der Waals surface area contributed by atoms with E-state index in [0.717, 1.165) is 5.69 Å². The van der Waals surface area contributed by atoms with E-state index in [1.807, 2.05) is 24.3 Å². The number of aromatic nitrogens is 2. The van der Waals surface area contributed by atoms with Gasteiger partial charge in [-0.1, -0.05) is 0 Å². The second-order valence-corrected chi connectivity index (χ2v) is 2.98. The maximum Gasteiger partial charge on any atom is 0.145 e. The summed E-state index contributed by atoms with van der Waals surface area (Å²) in [7, 11) is 0. The Balaban J connectivity index is 2.11. The average Bonchev–Trinajstić information content (AvgIpc) is 2.31. The summed E-state index contributed by atoms with van der Waals surface area (Å²) in [5, 5.41) is 0. The molecule has 0 atom stereocenters. The largest absolute Gasteiger partial charge is 0.454 e. The molecule has 4 heteroatoms. The van der Waals surface area contributed by atoms with Gasteiger partial charge in [0.2, 0.25) is 0 Å². The van der Waals surface area contributed by atoms with Gasteiger partial charge in [-0.3, -0.25) is 9.97 Å². The van der Waals surface area contributed by atoms with Crippen LogP contribution in [-0.2, 0) is 6.54 Å². The van der Waals surface area contributed by atoms with E-state index in [0.29, 0.717) is 18.0 Å². The van der Waals surface area contributed by atoms with Gasteiger partial charge in [-0.15, -0.1) is 0 Å². The molecule has 0 fully saturated rings. The van der Waals surface area contributed by atoms with Crippen molar-refractivity contribution in [2.75, 3.05) is 0 Å². The molecule has 2 aromatic rings. The number of nitrogens with zero attached hydrogens (tertiary/aromatic N) is 2. The van der Waals surface area contributed by atoms with Crippen LogP contribution in [0.5, 0.6) is 11.5 Å². The summed E-state index contributed by atoms with van der Waals surface area (Å²) < 4.78 is 5.51. The molecule has 0 unspecified atom stereocenters. The van der Waals surface area contributed by atoms with Crippen molar-refractivity contribution in [1.82, 2.24) is 9.97 Å². The van der Waals surface area contributed by atoms with Gasteiger partial charge in [0.05, 0.1) is 18.1 Å². The fourth-order valence-electron chi connectivity index (χ4n) is 1.14. The van der Waals surface area contributed by atoms with Gasteiger partial charge in [0.1, 0.15) is 11.5 Å². The summed E-state index contributed by atoms with van der Waals surface area (Å²) in [6.45, 7) is 0.438. The summed E-state index contributed by atoms with van der Waals surface area (Å²) in [6.07, 6.45) is 4.99. The molecule has 0 radical (unpaired) electrons. The average molecular weight is 201 g/mol. The van der Waals surface area contributed by atoms with Crippen molar-refractivity contribution in [3.63, 3.8) is 0 Å². The molecule has 0 aliphatic carbocycles. The Hall–Kier alpha value is -1.94. The molecular weight excluding hydrogens is 190 g/mol. The number of hydrogen-bond acceptors (Lipinski definition) is 4. The molecule has 0 saturated heterocycles. The summed E-state index contributed by atoms with van der Waals surface area (Å²) in [4.78, 5) is 8.07. The van der Waals surface area contributed by atoms with Gasteiger partial charge >= 0.3 is 0 Å². The lowest BCUT2D eigenvalue weighted by atomic mass is 10.3. The van der Waals surface area contributed by atoms with E-state index in [1.54, 1.807) is 18.6 Å². The Morgan fingerprint density at radius 3 is 2.60 bits per heavy atom. The first-order chi connectivity index (χ1) is 7.38. The molecule has 2 rings (SSSR count). The van der Waals surface area contributed by atoms with Gasteiger partial charge < -0.3 is 10.5 Å². The van der Waals surface area contributed by atoms with E-state index in [2.05, 4.69) is 9.97 Å². The number of nitrogens with two attached hydrogens (primary N) is 1. The van der Waals surface area contributed by atoms with Crippen molar-refractivity contribution in [3.8, 4) is 11.5 Å². The Labute approximate surface area is 87.7 Å². The van der Waals surface area contributed by atoms with E-state index >= 15 is 0 Å². The Morgan fingerprint density at radius 1 is 1.13 bits per heavy atom. The molecule has 2 heterocycles. The Morgan fingerprint density at radius 2 is 2.00 bits per heavy atom. The molecule has 0 amide bonds. The van der Waals surface area contributed by atoms with Crippen LogP contribution in [0.15, 0.2) is 42.9 Å². The first kappa shape index (κ1) is 9.61. The predicted molar refractivity (Wildman–Crippen MR) is 56.4 cm³/mol. The lowest BCUT2D eigenvalue weighted by Gasteiger charge is -2.04. The molecule has 0 saturated carbocycles. The van der Waals surface area contributed by atoms with Crippen molar-refractivity contribution in [2.24, 2.45) is 5.73 Å². The van der Waals surface area contributed by atoms with E-state index in [-0.39, 0.29) is 0 Å². The van der Waals surface area contributed by atoms with Crippen LogP contribution < -0.4 is 10.5 Å². The third kappa shape index (κ3) is 2.51. The van der Waals surface area contributed by atoms with Gasteiger partial charge in [-0.25, -0.2) is 0 Å². The molecule has 0 spiro atoms. The lowest BCUT2D eigenvalue weighted by Crippen LogP contribution is -1.98. The third-order valence-corrected chi connectivity index (χ3v) is 1.88. The van der Waals surface area contributed by atoms with E-state index in [4.69, 9.17) is 10.5 Å². The first-order valence-corrected chi connectivity index (χ1v) is 4.61.